The number of likely N-dealkylation sites (tertiary alicyclic amines) is 1. The van der Waals surface area contributed by atoms with Gasteiger partial charge in [0.2, 0.25) is 0 Å². The first kappa shape index (κ1) is 27.4. The molecule has 1 aliphatic rings. The minimum atomic E-state index is -1.09. The van der Waals surface area contributed by atoms with E-state index in [1.54, 1.807) is 10.6 Å². The average Bonchev–Trinajstić information content (AvgIpc) is 3.65. The van der Waals surface area contributed by atoms with Gasteiger partial charge < -0.3 is 19.6 Å². The molecule has 3 aromatic heterocycles. The first-order valence-electron chi connectivity index (χ1n) is 14.2. The van der Waals surface area contributed by atoms with Gasteiger partial charge in [0.25, 0.3) is 5.56 Å². The average molecular weight is 684 g/mol. The topological polar surface area (TPSA) is 74.2 Å². The van der Waals surface area contributed by atoms with Crippen molar-refractivity contribution in [3.05, 3.63) is 116 Å². The van der Waals surface area contributed by atoms with Crippen LogP contribution in [0.25, 0.3) is 31.6 Å². The predicted octanol–water partition coefficient (Wildman–Crippen LogP) is 6.11. The van der Waals surface area contributed by atoms with Crippen LogP contribution in [0.15, 0.2) is 89.9 Å². The molecule has 2 N–H and O–H groups in total. The van der Waals surface area contributed by atoms with Crippen molar-refractivity contribution in [1.29, 1.82) is 0 Å². The second-order valence-corrected chi connectivity index (χ2v) is 13.7. The molecule has 42 heavy (non-hydrogen) atoms. The molecule has 6 aromatic rings. The number of rotatable bonds is 5. The minimum absolute atomic E-state index is 0.113. The molecule has 0 radical (unpaired) electrons. The van der Waals surface area contributed by atoms with Gasteiger partial charge in [-0.05, 0) is 115 Å². The van der Waals surface area contributed by atoms with Crippen molar-refractivity contribution in [3.8, 4) is 16.2 Å². The summed E-state index contributed by atoms with van der Waals surface area (Å²) in [7, 11) is 4.14. The Balaban J connectivity index is 1.33. The molecule has 1 fully saturated rings. The fourth-order valence-electron chi connectivity index (χ4n) is 6.24. The van der Waals surface area contributed by atoms with Gasteiger partial charge in [-0.3, -0.25) is 4.79 Å². The van der Waals surface area contributed by atoms with E-state index in [0.29, 0.717) is 22.0 Å². The van der Waals surface area contributed by atoms with Crippen LogP contribution in [-0.2, 0) is 5.44 Å². The fourth-order valence-corrected chi connectivity index (χ4v) is 7.82. The number of aromatic nitrogens is 3. The quantitative estimate of drug-likeness (QED) is 0.170. The number of hydrogen-bond acceptors (Lipinski definition) is 5. The lowest BCUT2D eigenvalue weighted by Gasteiger charge is -2.32. The van der Waals surface area contributed by atoms with E-state index in [1.165, 1.54) is 29.7 Å². The number of aromatic hydroxyl groups is 1. The van der Waals surface area contributed by atoms with E-state index in [0.717, 1.165) is 43.5 Å². The molecule has 1 atom stereocenters. The Morgan fingerprint density at radius 3 is 2.57 bits per heavy atom. The number of phenols is 1. The summed E-state index contributed by atoms with van der Waals surface area (Å²) in [6.45, 7) is 2.28. The zero-order valence-corrected chi connectivity index (χ0v) is 26.4. The summed E-state index contributed by atoms with van der Waals surface area (Å²) in [6.07, 6.45) is 4.22. The van der Waals surface area contributed by atoms with E-state index in [9.17, 15) is 9.90 Å². The number of piperidine rings is 1. The number of benzene rings is 3. The van der Waals surface area contributed by atoms with Gasteiger partial charge in [-0.15, -0.1) is 11.3 Å². The maximum Gasteiger partial charge on any atom is 0.269 e. The number of phenolic OH excluding ortho intramolecular Hbond substituents is 1. The number of para-hydroxylation sites is 2. The van der Waals surface area contributed by atoms with Crippen LogP contribution < -0.4 is 5.56 Å². The molecule has 0 spiro atoms. The van der Waals surface area contributed by atoms with Crippen LogP contribution in [0, 0.1) is 3.57 Å². The highest BCUT2D eigenvalue weighted by Crippen LogP contribution is 2.38. The van der Waals surface area contributed by atoms with Crippen molar-refractivity contribution in [3.63, 3.8) is 0 Å². The zero-order valence-electron chi connectivity index (χ0n) is 23.5. The number of pyridine rings is 1. The number of thiophene rings is 1. The summed E-state index contributed by atoms with van der Waals surface area (Å²) in [5.41, 5.74) is 3.60. The van der Waals surface area contributed by atoms with Gasteiger partial charge in [0.1, 0.15) is 16.3 Å². The fraction of sp³-hybridized carbons (Fsp3) is 0.212. The van der Waals surface area contributed by atoms with E-state index < -0.39 is 5.44 Å². The minimum Gasteiger partial charge on any atom is -0.508 e. The third kappa shape index (κ3) is 4.67. The highest BCUT2D eigenvalue weighted by molar-refractivity contribution is 14.1. The zero-order chi connectivity index (χ0) is 29.0. The van der Waals surface area contributed by atoms with Crippen molar-refractivity contribution in [2.75, 3.05) is 20.1 Å². The van der Waals surface area contributed by atoms with E-state index in [4.69, 9.17) is 4.98 Å². The lowest BCUT2D eigenvalue weighted by molar-refractivity contribution is 0.255. The highest BCUT2D eigenvalue weighted by atomic mass is 127. The predicted molar refractivity (Wildman–Crippen MR) is 183 cm³/mol. The normalized spacial score (nSPS) is 16.2. The van der Waals surface area contributed by atoms with Crippen molar-refractivity contribution >= 4 is 62.9 Å². The number of halogens is 1. The van der Waals surface area contributed by atoms with Crippen molar-refractivity contribution < 1.29 is 5.11 Å². The first-order valence-corrected chi connectivity index (χ1v) is 16.1. The second-order valence-electron chi connectivity index (χ2n) is 11.4. The second kappa shape index (κ2) is 10.7. The first-order chi connectivity index (χ1) is 20.3. The van der Waals surface area contributed by atoms with Crippen LogP contribution in [0.1, 0.15) is 35.7 Å². The largest absolute Gasteiger partial charge is 0.508 e. The highest BCUT2D eigenvalue weighted by Gasteiger charge is 2.38. The number of hydrogen-bond donors (Lipinski definition) is 2. The molecule has 210 valence electrons. The molecule has 0 bridgehead atoms. The van der Waals surface area contributed by atoms with E-state index in [1.807, 2.05) is 56.5 Å². The van der Waals surface area contributed by atoms with Gasteiger partial charge in [0.05, 0.1) is 16.5 Å². The Morgan fingerprint density at radius 1 is 1.05 bits per heavy atom. The van der Waals surface area contributed by atoms with Crippen molar-refractivity contribution in [2.24, 2.45) is 0 Å². The molecule has 7 rings (SSSR count). The van der Waals surface area contributed by atoms with Crippen LogP contribution in [0.3, 0.4) is 0 Å². The molecule has 9 heteroatoms. The van der Waals surface area contributed by atoms with E-state index in [2.05, 4.69) is 69.9 Å². The van der Waals surface area contributed by atoms with Crippen LogP contribution in [0.4, 0.5) is 0 Å². The third-order valence-corrected chi connectivity index (χ3v) is 10.6. The molecule has 1 aliphatic heterocycles. The van der Waals surface area contributed by atoms with E-state index in [-0.39, 0.29) is 11.3 Å². The van der Waals surface area contributed by atoms with Gasteiger partial charge >= 0.3 is 0 Å². The SMILES string of the molecule is BC(c1nc2ccccc2[nH]1)(c1cc(I)ccc1O)n1ccc2cc(-c3ccc(C4CCN(C)CC4)cc3)sc2c1=O. The van der Waals surface area contributed by atoms with Gasteiger partial charge in [0.15, 0.2) is 7.85 Å². The summed E-state index contributed by atoms with van der Waals surface area (Å²) in [6, 6.07) is 26.3. The Hall–Kier alpha value is -3.41. The molecule has 4 heterocycles. The number of nitrogens with one attached hydrogen (secondary N) is 1. The number of aromatic amines is 1. The molecule has 1 saturated heterocycles. The van der Waals surface area contributed by atoms with Crippen LogP contribution in [0.2, 0.25) is 0 Å². The van der Waals surface area contributed by atoms with Crippen molar-refractivity contribution in [1.82, 2.24) is 19.4 Å². The Kier molecular flexibility index (Phi) is 6.99. The molecular formula is C33H30BIN4O2S. The van der Waals surface area contributed by atoms with Crippen LogP contribution >= 0.6 is 33.9 Å². The summed E-state index contributed by atoms with van der Waals surface area (Å²) >= 11 is 3.75. The number of fused-ring (bicyclic) bond motifs is 2. The molecule has 0 amide bonds. The molecule has 0 aliphatic carbocycles. The third-order valence-electron chi connectivity index (χ3n) is 8.78. The Morgan fingerprint density at radius 2 is 1.81 bits per heavy atom. The Labute approximate surface area is 262 Å². The van der Waals surface area contributed by atoms with Gasteiger partial charge in [0, 0.05) is 25.6 Å². The van der Waals surface area contributed by atoms with Crippen molar-refractivity contribution in [2.45, 2.75) is 24.2 Å². The van der Waals surface area contributed by atoms with E-state index >= 15 is 0 Å². The Bertz CT molecular complexity index is 1960. The standard InChI is InChI=1S/C33H30BIN4O2S/c1-38-15-12-21(13-16-38)20-6-8-22(9-7-20)29-18-23-14-17-39(31(41)30(23)42-29)33(34,25-19-24(35)10-11-28(25)40)32-36-26-4-2-3-5-27(26)37-32/h2-11,14,17-19,21,40H,12-13,15-16,34H2,1H3,(H,36,37). The molecule has 1 unspecified atom stereocenters. The van der Waals surface area contributed by atoms with Gasteiger partial charge in [-0.1, -0.05) is 36.4 Å². The maximum absolute atomic E-state index is 14.3. The maximum atomic E-state index is 14.3. The summed E-state index contributed by atoms with van der Waals surface area (Å²) in [5.74, 6) is 1.31. The smallest absolute Gasteiger partial charge is 0.269 e. The summed E-state index contributed by atoms with van der Waals surface area (Å²) in [4.78, 5) is 26.1. The lowest BCUT2D eigenvalue weighted by atomic mass is 9.70. The molecule has 0 saturated carbocycles. The molecule has 3 aromatic carbocycles. The van der Waals surface area contributed by atoms with Gasteiger partial charge in [-0.25, -0.2) is 4.98 Å². The van der Waals surface area contributed by atoms with Crippen LogP contribution in [-0.4, -0.2) is 52.5 Å². The summed E-state index contributed by atoms with van der Waals surface area (Å²) < 4.78 is 3.35. The number of imidazole rings is 1. The van der Waals surface area contributed by atoms with Crippen LogP contribution in [0.5, 0.6) is 5.75 Å². The number of nitrogens with zero attached hydrogens (tertiary/aromatic N) is 3. The molecular weight excluding hydrogens is 654 g/mol. The molecule has 6 nitrogen and oxygen atoms in total. The van der Waals surface area contributed by atoms with Gasteiger partial charge in [-0.2, -0.15) is 0 Å². The monoisotopic (exact) mass is 684 g/mol. The number of H-pyrrole nitrogens is 1. The summed E-state index contributed by atoms with van der Waals surface area (Å²) in [5, 5.41) is 12.0. The lowest BCUT2D eigenvalue weighted by Crippen LogP contribution is -2.44.